The summed E-state index contributed by atoms with van der Waals surface area (Å²) in [6.45, 7) is 9.07. The number of hydrogen-bond acceptors (Lipinski definition) is 0. The fourth-order valence-electron chi connectivity index (χ4n) is 1.36. The molecular weight excluding hydrogens is 156 g/mol. The second kappa shape index (κ2) is 8.34. The van der Waals surface area contributed by atoms with Gasteiger partial charge >= 0.3 is 0 Å². The molecule has 13 heavy (non-hydrogen) atoms. The average Bonchev–Trinajstić information content (AvgIpc) is 2.01. The van der Waals surface area contributed by atoms with Gasteiger partial charge in [-0.1, -0.05) is 59.1 Å². The molecule has 0 heteroatoms. The smallest absolute Gasteiger partial charge is 0.0290 e. The normalized spacial score (nSPS) is 12.2. The molecule has 0 spiro atoms. The van der Waals surface area contributed by atoms with E-state index in [1.54, 1.807) is 0 Å². The second-order valence-electron chi connectivity index (χ2n) is 4.70. The zero-order chi connectivity index (χ0) is 10.1. The zero-order valence-electron chi connectivity index (χ0n) is 9.84. The summed E-state index contributed by atoms with van der Waals surface area (Å²) in [7, 11) is 0. The van der Waals surface area contributed by atoms with E-state index >= 15 is 0 Å². The maximum absolute atomic E-state index is 2.33. The third-order valence-corrected chi connectivity index (χ3v) is 2.17. The lowest BCUT2D eigenvalue weighted by atomic mass is 10.0. The summed E-state index contributed by atoms with van der Waals surface area (Å²) in [5.74, 6) is 1.60. The lowest BCUT2D eigenvalue weighted by Crippen LogP contribution is -1.86. The van der Waals surface area contributed by atoms with Crippen molar-refractivity contribution in [2.24, 2.45) is 11.8 Å². The van der Waals surface area contributed by atoms with E-state index in [0.717, 1.165) is 11.8 Å². The SMILES string of the molecule is CC(C)C=CCCCCCC(C)C. The quantitative estimate of drug-likeness (QED) is 0.392. The van der Waals surface area contributed by atoms with Crippen LogP contribution in [0.1, 0.15) is 59.8 Å². The number of unbranched alkanes of at least 4 members (excludes halogenated alkanes) is 3. The molecule has 0 rings (SSSR count). The molecule has 0 amide bonds. The van der Waals surface area contributed by atoms with Gasteiger partial charge in [0, 0.05) is 0 Å². The molecule has 0 saturated carbocycles. The van der Waals surface area contributed by atoms with E-state index in [-0.39, 0.29) is 0 Å². The summed E-state index contributed by atoms with van der Waals surface area (Å²) in [4.78, 5) is 0. The first kappa shape index (κ1) is 12.7. The molecule has 0 N–H and O–H groups in total. The van der Waals surface area contributed by atoms with E-state index in [4.69, 9.17) is 0 Å². The van der Waals surface area contributed by atoms with Crippen molar-refractivity contribution in [3.63, 3.8) is 0 Å². The van der Waals surface area contributed by atoms with Crippen LogP contribution in [-0.2, 0) is 0 Å². The first-order valence-corrected chi connectivity index (χ1v) is 5.79. The van der Waals surface area contributed by atoms with Crippen LogP contribution in [0.5, 0.6) is 0 Å². The topological polar surface area (TPSA) is 0 Å². The Morgan fingerprint density at radius 3 is 2.15 bits per heavy atom. The van der Waals surface area contributed by atoms with Crippen molar-refractivity contribution in [2.75, 3.05) is 0 Å². The van der Waals surface area contributed by atoms with Gasteiger partial charge in [-0.3, -0.25) is 0 Å². The van der Waals surface area contributed by atoms with Crippen LogP contribution in [0.15, 0.2) is 12.2 Å². The van der Waals surface area contributed by atoms with Crippen LogP contribution in [0.25, 0.3) is 0 Å². The molecule has 0 nitrogen and oxygen atoms in total. The minimum atomic E-state index is 0.718. The summed E-state index contributed by atoms with van der Waals surface area (Å²) < 4.78 is 0. The summed E-state index contributed by atoms with van der Waals surface area (Å²) >= 11 is 0. The van der Waals surface area contributed by atoms with Crippen LogP contribution in [-0.4, -0.2) is 0 Å². The van der Waals surface area contributed by atoms with Crippen molar-refractivity contribution in [3.8, 4) is 0 Å². The maximum Gasteiger partial charge on any atom is -0.0290 e. The van der Waals surface area contributed by atoms with Gasteiger partial charge in [0.1, 0.15) is 0 Å². The molecule has 0 radical (unpaired) electrons. The van der Waals surface area contributed by atoms with Crippen LogP contribution in [0.2, 0.25) is 0 Å². The Labute approximate surface area is 84.4 Å². The molecule has 0 aromatic rings. The highest BCUT2D eigenvalue weighted by atomic mass is 14.0. The molecular formula is C13H26. The van der Waals surface area contributed by atoms with Gasteiger partial charge in [-0.05, 0) is 24.7 Å². The number of rotatable bonds is 7. The monoisotopic (exact) mass is 182 g/mol. The van der Waals surface area contributed by atoms with Crippen LogP contribution in [0, 0.1) is 11.8 Å². The standard InChI is InChI=1S/C13H26/c1-12(2)10-8-6-5-7-9-11-13(3)4/h8,10,12-13H,5-7,9,11H2,1-4H3. The lowest BCUT2D eigenvalue weighted by molar-refractivity contribution is 0.528. The molecule has 0 aromatic heterocycles. The van der Waals surface area contributed by atoms with Gasteiger partial charge in [-0.25, -0.2) is 0 Å². The molecule has 0 bridgehead atoms. The Kier molecular flexibility index (Phi) is 8.18. The average molecular weight is 182 g/mol. The van der Waals surface area contributed by atoms with E-state index < -0.39 is 0 Å². The van der Waals surface area contributed by atoms with E-state index in [1.165, 1.54) is 32.1 Å². The highest BCUT2D eigenvalue weighted by molar-refractivity contribution is 4.83. The van der Waals surface area contributed by atoms with Crippen molar-refractivity contribution in [1.82, 2.24) is 0 Å². The molecule has 0 aromatic carbocycles. The van der Waals surface area contributed by atoms with Gasteiger partial charge in [0.05, 0.1) is 0 Å². The van der Waals surface area contributed by atoms with E-state index in [1.807, 2.05) is 0 Å². The van der Waals surface area contributed by atoms with Crippen molar-refractivity contribution < 1.29 is 0 Å². The van der Waals surface area contributed by atoms with Crippen LogP contribution in [0.3, 0.4) is 0 Å². The van der Waals surface area contributed by atoms with Crippen LogP contribution >= 0.6 is 0 Å². The zero-order valence-corrected chi connectivity index (χ0v) is 9.84. The Morgan fingerprint density at radius 2 is 1.62 bits per heavy atom. The van der Waals surface area contributed by atoms with Crippen molar-refractivity contribution in [3.05, 3.63) is 12.2 Å². The Bertz CT molecular complexity index is 120. The summed E-state index contributed by atoms with van der Waals surface area (Å²) in [5.41, 5.74) is 0. The Morgan fingerprint density at radius 1 is 0.923 bits per heavy atom. The first-order valence-electron chi connectivity index (χ1n) is 5.79. The Balaban J connectivity index is 3.08. The van der Waals surface area contributed by atoms with E-state index in [0.29, 0.717) is 0 Å². The Hall–Kier alpha value is -0.260. The third-order valence-electron chi connectivity index (χ3n) is 2.17. The minimum Gasteiger partial charge on any atom is -0.0883 e. The fraction of sp³-hybridized carbons (Fsp3) is 0.846. The molecule has 0 aliphatic rings. The van der Waals surface area contributed by atoms with Gasteiger partial charge in [0.25, 0.3) is 0 Å². The maximum atomic E-state index is 2.33. The molecule has 0 heterocycles. The van der Waals surface area contributed by atoms with Crippen LogP contribution in [0.4, 0.5) is 0 Å². The second-order valence-corrected chi connectivity index (χ2v) is 4.70. The third kappa shape index (κ3) is 11.7. The largest absolute Gasteiger partial charge is 0.0883 e. The summed E-state index contributed by atoms with van der Waals surface area (Å²) in [6, 6.07) is 0. The highest BCUT2D eigenvalue weighted by Crippen LogP contribution is 2.09. The van der Waals surface area contributed by atoms with Crippen molar-refractivity contribution in [2.45, 2.75) is 59.8 Å². The summed E-state index contributed by atoms with van der Waals surface area (Å²) in [6.07, 6.45) is 11.5. The first-order chi connectivity index (χ1) is 6.13. The van der Waals surface area contributed by atoms with Gasteiger partial charge < -0.3 is 0 Å². The highest BCUT2D eigenvalue weighted by Gasteiger charge is 1.93. The van der Waals surface area contributed by atoms with Gasteiger partial charge in [0.15, 0.2) is 0 Å². The molecule has 0 saturated heterocycles. The fourth-order valence-corrected chi connectivity index (χ4v) is 1.36. The van der Waals surface area contributed by atoms with Gasteiger partial charge in [-0.15, -0.1) is 0 Å². The number of allylic oxidation sites excluding steroid dienone is 2. The number of hydrogen-bond donors (Lipinski definition) is 0. The minimum absolute atomic E-state index is 0.718. The molecule has 0 aliphatic heterocycles. The lowest BCUT2D eigenvalue weighted by Gasteiger charge is -2.02. The predicted octanol–water partition coefficient (Wildman–Crippen LogP) is 4.81. The van der Waals surface area contributed by atoms with E-state index in [9.17, 15) is 0 Å². The van der Waals surface area contributed by atoms with Crippen molar-refractivity contribution >= 4 is 0 Å². The predicted molar refractivity (Wildman–Crippen MR) is 61.9 cm³/mol. The molecule has 0 aliphatic carbocycles. The molecule has 78 valence electrons. The van der Waals surface area contributed by atoms with Gasteiger partial charge in [0.2, 0.25) is 0 Å². The summed E-state index contributed by atoms with van der Waals surface area (Å²) in [5, 5.41) is 0. The molecule has 0 atom stereocenters. The van der Waals surface area contributed by atoms with E-state index in [2.05, 4.69) is 39.8 Å². The van der Waals surface area contributed by atoms with Gasteiger partial charge in [-0.2, -0.15) is 0 Å². The van der Waals surface area contributed by atoms with Crippen molar-refractivity contribution in [1.29, 1.82) is 0 Å². The molecule has 0 fully saturated rings. The van der Waals surface area contributed by atoms with Crippen LogP contribution < -0.4 is 0 Å². The molecule has 0 unspecified atom stereocenters.